The fourth-order valence-electron chi connectivity index (χ4n) is 2.31. The van der Waals surface area contributed by atoms with Crippen LogP contribution in [0.5, 0.6) is 0 Å². The number of carbonyl (C=O) groups is 1. The highest BCUT2D eigenvalue weighted by atomic mass is 32.2. The van der Waals surface area contributed by atoms with Gasteiger partial charge in [-0.15, -0.1) is 0 Å². The Bertz CT molecular complexity index is 506. The molecule has 144 valence electrons. The molecule has 0 rings (SSSR count). The summed E-state index contributed by atoms with van der Waals surface area (Å²) < 4.78 is 77.4. The van der Waals surface area contributed by atoms with Gasteiger partial charge in [0.05, 0.1) is 0 Å². The third-order valence-corrected chi connectivity index (χ3v) is 8.38. The Morgan fingerprint density at radius 1 is 1.29 bits per heavy atom. The second-order valence-corrected chi connectivity index (χ2v) is 12.0. The van der Waals surface area contributed by atoms with E-state index in [1.165, 1.54) is 0 Å². The molecule has 0 radical (unpaired) electrons. The van der Waals surface area contributed by atoms with Crippen molar-refractivity contribution >= 4 is 24.4 Å². The molecule has 0 aromatic rings. The van der Waals surface area contributed by atoms with Crippen molar-refractivity contribution in [3.05, 3.63) is 0 Å². The summed E-state index contributed by atoms with van der Waals surface area (Å²) >= 11 is 0. The van der Waals surface area contributed by atoms with Crippen molar-refractivity contribution in [2.75, 3.05) is 12.9 Å². The SMILES string of the molecule is CCC(CCCC(=O)OC(CS(=O)(=O)O)C(F)(F)F)[Si](C)(C)OC. The number of carbonyl (C=O) groups excluding carboxylic acids is 1. The molecular weight excluding hydrogens is 369 g/mol. The Labute approximate surface area is 141 Å². The zero-order valence-corrected chi connectivity index (χ0v) is 16.0. The Hall–Kier alpha value is -0.653. The first-order chi connectivity index (χ1) is 10.7. The van der Waals surface area contributed by atoms with Gasteiger partial charge in [-0.1, -0.05) is 19.8 Å². The van der Waals surface area contributed by atoms with E-state index in [1.807, 2.05) is 20.0 Å². The van der Waals surface area contributed by atoms with Gasteiger partial charge >= 0.3 is 12.1 Å². The standard InChI is InChI=1S/C13H25F3O6SSi/c1-5-10(24(3,4)21-2)7-6-8-12(17)22-11(13(14,15)16)9-23(18,19)20/h10-11H,5-9H2,1-4H3,(H,18,19,20). The smallest absolute Gasteiger partial charge is 0.426 e. The fraction of sp³-hybridized carbons (Fsp3) is 0.923. The molecule has 0 heterocycles. The summed E-state index contributed by atoms with van der Waals surface area (Å²) in [4.78, 5) is 11.6. The van der Waals surface area contributed by atoms with Crippen LogP contribution in [0.15, 0.2) is 0 Å². The van der Waals surface area contributed by atoms with E-state index >= 15 is 0 Å². The van der Waals surface area contributed by atoms with Gasteiger partial charge < -0.3 is 9.16 Å². The van der Waals surface area contributed by atoms with Crippen LogP contribution in [0, 0.1) is 0 Å². The third-order valence-electron chi connectivity index (χ3n) is 3.94. The van der Waals surface area contributed by atoms with Crippen molar-refractivity contribution in [3.8, 4) is 0 Å². The highest BCUT2D eigenvalue weighted by molar-refractivity contribution is 7.85. The molecule has 0 saturated heterocycles. The number of hydrogen-bond acceptors (Lipinski definition) is 5. The lowest BCUT2D eigenvalue weighted by molar-refractivity contribution is -0.215. The highest BCUT2D eigenvalue weighted by Crippen LogP contribution is 2.31. The second kappa shape index (κ2) is 9.16. The summed E-state index contributed by atoms with van der Waals surface area (Å²) in [5, 5.41) is 0. The fourth-order valence-corrected chi connectivity index (χ4v) is 5.16. The molecule has 0 aliphatic carbocycles. The molecule has 2 unspecified atom stereocenters. The predicted octanol–water partition coefficient (Wildman–Crippen LogP) is 3.15. The van der Waals surface area contributed by atoms with Gasteiger partial charge in [0.2, 0.25) is 6.10 Å². The van der Waals surface area contributed by atoms with Gasteiger partial charge in [-0.2, -0.15) is 21.6 Å². The van der Waals surface area contributed by atoms with Crippen LogP contribution < -0.4 is 0 Å². The maximum absolute atomic E-state index is 12.7. The van der Waals surface area contributed by atoms with E-state index in [2.05, 4.69) is 4.74 Å². The van der Waals surface area contributed by atoms with E-state index in [1.54, 1.807) is 7.11 Å². The van der Waals surface area contributed by atoms with Gasteiger partial charge in [-0.3, -0.25) is 9.35 Å². The van der Waals surface area contributed by atoms with Crippen molar-refractivity contribution < 1.29 is 40.1 Å². The lowest BCUT2D eigenvalue weighted by atomic mass is 10.1. The van der Waals surface area contributed by atoms with Gasteiger partial charge in [-0.25, -0.2) is 0 Å². The lowest BCUT2D eigenvalue weighted by Gasteiger charge is -2.30. The van der Waals surface area contributed by atoms with E-state index in [9.17, 15) is 26.4 Å². The zero-order chi connectivity index (χ0) is 19.2. The average Bonchev–Trinajstić information content (AvgIpc) is 2.40. The van der Waals surface area contributed by atoms with Gasteiger partial charge in [0.1, 0.15) is 5.75 Å². The molecule has 0 aromatic heterocycles. The summed E-state index contributed by atoms with van der Waals surface area (Å²) in [6.45, 7) is 6.01. The average molecular weight is 394 g/mol. The number of rotatable bonds is 10. The number of halogens is 3. The monoisotopic (exact) mass is 394 g/mol. The minimum atomic E-state index is -5.07. The lowest BCUT2D eigenvalue weighted by Crippen LogP contribution is -2.39. The van der Waals surface area contributed by atoms with Crippen molar-refractivity contribution in [1.29, 1.82) is 0 Å². The minimum absolute atomic E-state index is 0.242. The molecule has 1 N–H and O–H groups in total. The number of alkyl halides is 3. The van der Waals surface area contributed by atoms with Crippen LogP contribution in [0.2, 0.25) is 18.6 Å². The molecule has 11 heteroatoms. The first kappa shape index (κ1) is 23.3. The first-order valence-corrected chi connectivity index (χ1v) is 12.1. The van der Waals surface area contributed by atoms with Crippen LogP contribution in [-0.4, -0.2) is 52.4 Å². The van der Waals surface area contributed by atoms with Gasteiger partial charge in [0.25, 0.3) is 10.1 Å². The van der Waals surface area contributed by atoms with Gasteiger partial charge in [0.15, 0.2) is 8.32 Å². The quantitative estimate of drug-likeness (QED) is 0.348. The summed E-state index contributed by atoms with van der Waals surface area (Å²) in [6.07, 6.45) is -6.45. The molecule has 0 aliphatic rings. The Balaban J connectivity index is 4.60. The molecule has 0 saturated carbocycles. The third kappa shape index (κ3) is 8.99. The van der Waals surface area contributed by atoms with Crippen LogP contribution in [0.3, 0.4) is 0 Å². The van der Waals surface area contributed by atoms with Crippen molar-refractivity contribution in [2.24, 2.45) is 0 Å². The van der Waals surface area contributed by atoms with Crippen LogP contribution >= 0.6 is 0 Å². The molecule has 0 bridgehead atoms. The highest BCUT2D eigenvalue weighted by Gasteiger charge is 2.45. The first-order valence-electron chi connectivity index (χ1n) is 7.49. The number of hydrogen-bond donors (Lipinski definition) is 1. The maximum Gasteiger partial charge on any atom is 0.426 e. The summed E-state index contributed by atoms with van der Waals surface area (Å²) in [5.41, 5.74) is 0.242. The summed E-state index contributed by atoms with van der Waals surface area (Å²) in [5.74, 6) is -2.85. The summed E-state index contributed by atoms with van der Waals surface area (Å²) in [6, 6.07) is 0. The molecule has 0 aliphatic heterocycles. The maximum atomic E-state index is 12.7. The minimum Gasteiger partial charge on any atom is -0.451 e. The Kier molecular flexibility index (Phi) is 8.91. The molecule has 0 spiro atoms. The molecule has 0 fully saturated rings. The largest absolute Gasteiger partial charge is 0.451 e. The molecular formula is C13H25F3O6SSi. The molecule has 24 heavy (non-hydrogen) atoms. The normalized spacial score (nSPS) is 15.8. The van der Waals surface area contributed by atoms with Crippen molar-refractivity contribution in [3.63, 3.8) is 0 Å². The van der Waals surface area contributed by atoms with Crippen LogP contribution in [-0.2, 0) is 24.1 Å². The van der Waals surface area contributed by atoms with E-state index < -0.39 is 42.4 Å². The van der Waals surface area contributed by atoms with Crippen LogP contribution in [0.25, 0.3) is 0 Å². The molecule has 6 nitrogen and oxygen atoms in total. The molecule has 2 atom stereocenters. The second-order valence-electron chi connectivity index (χ2n) is 6.07. The van der Waals surface area contributed by atoms with Gasteiger partial charge in [-0.05, 0) is 25.1 Å². The predicted molar refractivity (Wildman–Crippen MR) is 84.7 cm³/mol. The zero-order valence-electron chi connectivity index (χ0n) is 14.2. The number of ether oxygens (including phenoxy) is 1. The van der Waals surface area contributed by atoms with Crippen LogP contribution in [0.1, 0.15) is 32.6 Å². The Morgan fingerprint density at radius 3 is 2.21 bits per heavy atom. The van der Waals surface area contributed by atoms with Gasteiger partial charge in [0, 0.05) is 13.5 Å². The Morgan fingerprint density at radius 2 is 1.83 bits per heavy atom. The topological polar surface area (TPSA) is 89.9 Å². The van der Waals surface area contributed by atoms with E-state index in [-0.39, 0.29) is 12.0 Å². The van der Waals surface area contributed by atoms with Crippen molar-refractivity contribution in [1.82, 2.24) is 0 Å². The van der Waals surface area contributed by atoms with Crippen LogP contribution in [0.4, 0.5) is 13.2 Å². The van der Waals surface area contributed by atoms with Crippen molar-refractivity contribution in [2.45, 2.75) is 63.5 Å². The molecule has 0 aromatic carbocycles. The summed E-state index contributed by atoms with van der Waals surface area (Å²) in [7, 11) is -5.22. The number of esters is 1. The van der Waals surface area contributed by atoms with E-state index in [0.717, 1.165) is 6.42 Å². The van der Waals surface area contributed by atoms with E-state index in [0.29, 0.717) is 12.8 Å². The van der Waals surface area contributed by atoms with E-state index in [4.69, 9.17) is 8.98 Å². The molecule has 0 amide bonds.